The number of hydrogen-bond donors (Lipinski definition) is 3. The molecule has 25 heavy (non-hydrogen) atoms. The van der Waals surface area contributed by atoms with E-state index in [1.807, 2.05) is 11.0 Å². The van der Waals surface area contributed by atoms with Gasteiger partial charge in [0.05, 0.1) is 5.69 Å². The first-order chi connectivity index (χ1) is 12.0. The highest BCUT2D eigenvalue weighted by Gasteiger charge is 2.30. The fourth-order valence-electron chi connectivity index (χ4n) is 3.21. The predicted octanol–water partition coefficient (Wildman–Crippen LogP) is 0.899. The van der Waals surface area contributed by atoms with Gasteiger partial charge < -0.3 is 15.5 Å². The Labute approximate surface area is 144 Å². The Kier molecular flexibility index (Phi) is 5.16. The molecule has 7 nitrogen and oxygen atoms in total. The number of nitrogens with zero attached hydrogens (tertiary/aromatic N) is 1. The first-order valence-electron chi connectivity index (χ1n) is 8.43. The van der Waals surface area contributed by atoms with Crippen LogP contribution in [0.2, 0.25) is 0 Å². The molecule has 0 spiro atoms. The molecule has 3 N–H and O–H groups in total. The zero-order valence-electron chi connectivity index (χ0n) is 13.8. The number of carbonyl (C=O) groups is 3. The molecule has 0 radical (unpaired) electrons. The fourth-order valence-corrected chi connectivity index (χ4v) is 3.21. The van der Waals surface area contributed by atoms with Gasteiger partial charge >= 0.3 is 6.03 Å². The molecule has 2 aliphatic heterocycles. The molecule has 2 fully saturated rings. The summed E-state index contributed by atoms with van der Waals surface area (Å²) in [7, 11) is 0. The molecule has 3 rings (SSSR count). The molecule has 0 bridgehead atoms. The highest BCUT2D eigenvalue weighted by Crippen LogP contribution is 2.22. The Morgan fingerprint density at radius 3 is 2.60 bits per heavy atom. The summed E-state index contributed by atoms with van der Waals surface area (Å²) in [6.45, 7) is 1.35. The van der Waals surface area contributed by atoms with Gasteiger partial charge in [-0.1, -0.05) is 12.1 Å². The highest BCUT2D eigenvalue weighted by molar-refractivity contribution is 6.04. The van der Waals surface area contributed by atoms with Gasteiger partial charge in [-0.05, 0) is 31.4 Å². The van der Waals surface area contributed by atoms with Crippen molar-refractivity contribution < 1.29 is 18.8 Å². The summed E-state index contributed by atoms with van der Waals surface area (Å²) in [5, 5.41) is 7.56. The largest absolute Gasteiger partial charge is 0.369 e. The summed E-state index contributed by atoms with van der Waals surface area (Å²) in [4.78, 5) is 36.5. The minimum Gasteiger partial charge on any atom is -0.369 e. The number of para-hydroxylation sites is 1. The number of carbonyl (C=O) groups excluding carboxylic acids is 3. The summed E-state index contributed by atoms with van der Waals surface area (Å²) in [6.07, 6.45) is 1.92. The lowest BCUT2D eigenvalue weighted by atomic mass is 10.0. The fraction of sp³-hybridized carbons (Fsp3) is 0.471. The van der Waals surface area contributed by atoms with Gasteiger partial charge in [0, 0.05) is 25.6 Å². The third-order valence-corrected chi connectivity index (χ3v) is 4.57. The van der Waals surface area contributed by atoms with Crippen LogP contribution >= 0.6 is 0 Å². The number of imide groups is 1. The minimum absolute atomic E-state index is 0.0440. The third kappa shape index (κ3) is 4.26. The second-order valence-corrected chi connectivity index (χ2v) is 6.33. The topological polar surface area (TPSA) is 90.5 Å². The van der Waals surface area contributed by atoms with E-state index in [9.17, 15) is 18.8 Å². The third-order valence-electron chi connectivity index (χ3n) is 4.57. The Balaban J connectivity index is 1.41. The highest BCUT2D eigenvalue weighted by atomic mass is 19.1. The normalized spacial score (nSPS) is 21.0. The summed E-state index contributed by atoms with van der Waals surface area (Å²) in [5.41, 5.74) is 0.593. The van der Waals surface area contributed by atoms with Crippen LogP contribution in [0.3, 0.4) is 0 Å². The molecule has 2 heterocycles. The van der Waals surface area contributed by atoms with Gasteiger partial charge in [-0.25, -0.2) is 9.18 Å². The van der Waals surface area contributed by atoms with Crippen LogP contribution < -0.4 is 20.9 Å². The minimum atomic E-state index is -0.638. The van der Waals surface area contributed by atoms with Crippen molar-refractivity contribution >= 4 is 23.5 Å². The molecular formula is C17H21FN4O3. The van der Waals surface area contributed by atoms with Gasteiger partial charge in [0.2, 0.25) is 5.91 Å². The van der Waals surface area contributed by atoms with Crippen LogP contribution in [0.25, 0.3) is 0 Å². The second kappa shape index (κ2) is 7.50. The number of rotatable bonds is 5. The lowest BCUT2D eigenvalue weighted by Gasteiger charge is -2.34. The molecule has 8 heteroatoms. The van der Waals surface area contributed by atoms with Crippen LogP contribution in [-0.4, -0.2) is 43.0 Å². The van der Waals surface area contributed by atoms with Crippen LogP contribution in [0.4, 0.5) is 14.9 Å². The van der Waals surface area contributed by atoms with Crippen molar-refractivity contribution in [3.8, 4) is 0 Å². The number of anilines is 1. The summed E-state index contributed by atoms with van der Waals surface area (Å²) in [5.74, 6) is -0.767. The Morgan fingerprint density at radius 1 is 1.24 bits per heavy atom. The van der Waals surface area contributed by atoms with E-state index in [2.05, 4.69) is 16.0 Å². The SMILES string of the molecule is O=C(CC[C@H]1NC(=O)NC1=O)NC1CCN(c2ccccc2F)CC1. The van der Waals surface area contributed by atoms with Crippen LogP contribution in [0, 0.1) is 5.82 Å². The molecule has 0 unspecified atom stereocenters. The van der Waals surface area contributed by atoms with Crippen molar-refractivity contribution in [1.82, 2.24) is 16.0 Å². The number of nitrogens with one attached hydrogen (secondary N) is 3. The molecule has 2 saturated heterocycles. The molecule has 134 valence electrons. The maximum absolute atomic E-state index is 13.8. The molecule has 0 aliphatic carbocycles. The molecule has 0 saturated carbocycles. The molecule has 4 amide bonds. The summed E-state index contributed by atoms with van der Waals surface area (Å²) in [6, 6.07) is 5.57. The number of benzene rings is 1. The number of urea groups is 1. The van der Waals surface area contributed by atoms with E-state index in [0.717, 1.165) is 12.8 Å². The molecule has 1 aromatic carbocycles. The Bertz CT molecular complexity index is 674. The van der Waals surface area contributed by atoms with Crippen LogP contribution in [0.5, 0.6) is 0 Å². The average molecular weight is 348 g/mol. The molecule has 0 aromatic heterocycles. The average Bonchev–Trinajstić information content (AvgIpc) is 2.92. The van der Waals surface area contributed by atoms with E-state index >= 15 is 0 Å². The number of halogens is 1. The maximum atomic E-state index is 13.8. The van der Waals surface area contributed by atoms with E-state index in [4.69, 9.17) is 0 Å². The van der Waals surface area contributed by atoms with Gasteiger partial charge in [0.15, 0.2) is 0 Å². The first-order valence-corrected chi connectivity index (χ1v) is 8.43. The van der Waals surface area contributed by atoms with Crippen molar-refractivity contribution in [1.29, 1.82) is 0 Å². The number of hydrogen-bond acceptors (Lipinski definition) is 4. The van der Waals surface area contributed by atoms with Gasteiger partial charge in [-0.2, -0.15) is 0 Å². The first kappa shape index (κ1) is 17.2. The summed E-state index contributed by atoms with van der Waals surface area (Å²) >= 11 is 0. The van der Waals surface area contributed by atoms with Gasteiger partial charge in [0.25, 0.3) is 5.91 Å². The van der Waals surface area contributed by atoms with Crippen molar-refractivity contribution in [3.05, 3.63) is 30.1 Å². The van der Waals surface area contributed by atoms with Gasteiger partial charge in [-0.3, -0.25) is 14.9 Å². The van der Waals surface area contributed by atoms with Crippen LogP contribution in [0.15, 0.2) is 24.3 Å². The van der Waals surface area contributed by atoms with E-state index in [1.165, 1.54) is 6.07 Å². The van der Waals surface area contributed by atoms with Crippen LogP contribution in [0.1, 0.15) is 25.7 Å². The standard InChI is InChI=1S/C17H21FN4O3/c18-12-3-1-2-4-14(12)22-9-7-11(8-10-22)19-15(23)6-5-13-16(24)21-17(25)20-13/h1-4,11,13H,5-10H2,(H,19,23)(H2,20,21,24,25)/t13-/m1/s1. The van der Waals surface area contributed by atoms with Crippen molar-refractivity contribution in [2.75, 3.05) is 18.0 Å². The molecular weight excluding hydrogens is 327 g/mol. The van der Waals surface area contributed by atoms with E-state index < -0.39 is 18.0 Å². The predicted molar refractivity (Wildman–Crippen MR) is 89.5 cm³/mol. The zero-order chi connectivity index (χ0) is 17.8. The van der Waals surface area contributed by atoms with Crippen LogP contribution in [-0.2, 0) is 9.59 Å². The van der Waals surface area contributed by atoms with Crippen molar-refractivity contribution in [2.24, 2.45) is 0 Å². The van der Waals surface area contributed by atoms with Crippen molar-refractivity contribution in [2.45, 2.75) is 37.8 Å². The molecule has 2 aliphatic rings. The number of amides is 4. The summed E-state index contributed by atoms with van der Waals surface area (Å²) < 4.78 is 13.8. The monoisotopic (exact) mass is 348 g/mol. The lowest BCUT2D eigenvalue weighted by molar-refractivity contribution is -0.122. The van der Waals surface area contributed by atoms with E-state index in [-0.39, 0.29) is 30.6 Å². The molecule has 1 aromatic rings. The smallest absolute Gasteiger partial charge is 0.322 e. The van der Waals surface area contributed by atoms with Gasteiger partial charge in [-0.15, -0.1) is 0 Å². The lowest BCUT2D eigenvalue weighted by Crippen LogP contribution is -2.45. The van der Waals surface area contributed by atoms with E-state index in [1.54, 1.807) is 12.1 Å². The second-order valence-electron chi connectivity index (χ2n) is 6.33. The Hall–Kier alpha value is -2.64. The van der Waals surface area contributed by atoms with Gasteiger partial charge in [0.1, 0.15) is 11.9 Å². The number of piperidine rings is 1. The molecule has 1 atom stereocenters. The Morgan fingerprint density at radius 2 is 1.96 bits per heavy atom. The van der Waals surface area contributed by atoms with Crippen molar-refractivity contribution in [3.63, 3.8) is 0 Å². The quantitative estimate of drug-likeness (QED) is 0.690. The zero-order valence-corrected chi connectivity index (χ0v) is 13.8. The maximum Gasteiger partial charge on any atom is 0.322 e. The van der Waals surface area contributed by atoms with E-state index in [0.29, 0.717) is 18.8 Å².